The fraction of sp³-hybridized carbons (Fsp3) is 0.633. The zero-order chi connectivity index (χ0) is 67.2. The molecule has 0 radical (unpaired) electrons. The first-order valence-corrected chi connectivity index (χ1v) is 35.1. The van der Waals surface area contributed by atoms with E-state index in [1.54, 1.807) is 7.11 Å². The number of rotatable bonds is 45. The Morgan fingerprint density at radius 1 is 0.559 bits per heavy atom. The van der Waals surface area contributed by atoms with Crippen LogP contribution in [-0.2, 0) is 71.8 Å². The van der Waals surface area contributed by atoms with Gasteiger partial charge < -0.3 is 66.0 Å². The molecule has 8 N–H and O–H groups in total. The van der Waals surface area contributed by atoms with E-state index in [1.807, 2.05) is 0 Å². The number of amides is 6. The van der Waals surface area contributed by atoms with Crippen molar-refractivity contribution in [3.05, 3.63) is 44.7 Å². The molecule has 4 unspecified atom stereocenters. The number of carbonyl (C=O) groups excluding carboxylic acids is 8. The molecule has 6 heterocycles. The first-order chi connectivity index (χ1) is 44.9. The fourth-order valence-electron chi connectivity index (χ4n) is 10.5. The van der Waals surface area contributed by atoms with Crippen LogP contribution in [0, 0.1) is 0 Å². The maximum atomic E-state index is 13.3. The number of β-lactam (4-membered cyclic amide) rings is 2. The molecule has 93 heavy (non-hydrogen) atoms. The molecular formula is C60H86N12O17S4. The second-order valence-electron chi connectivity index (χ2n) is 22.3. The van der Waals surface area contributed by atoms with Crippen molar-refractivity contribution >= 4 is 127 Å². The molecule has 6 rings (SSSR count). The van der Waals surface area contributed by atoms with Crippen molar-refractivity contribution in [2.24, 2.45) is 10.3 Å². The lowest BCUT2D eigenvalue weighted by Gasteiger charge is -2.49. The predicted octanol–water partition coefficient (Wildman–Crippen LogP) is 5.48. The molecule has 29 nitrogen and oxygen atoms in total. The average molecular weight is 1380 g/mol. The van der Waals surface area contributed by atoms with Crippen LogP contribution >= 0.6 is 46.2 Å². The van der Waals surface area contributed by atoms with Crippen LogP contribution in [0.25, 0.3) is 0 Å². The van der Waals surface area contributed by atoms with E-state index in [2.05, 4.69) is 52.2 Å². The van der Waals surface area contributed by atoms with Crippen molar-refractivity contribution in [3.63, 3.8) is 0 Å². The summed E-state index contributed by atoms with van der Waals surface area (Å²) < 4.78 is 15.6. The van der Waals surface area contributed by atoms with E-state index in [0.29, 0.717) is 12.8 Å². The zero-order valence-electron chi connectivity index (χ0n) is 53.2. The van der Waals surface area contributed by atoms with Gasteiger partial charge >= 0.3 is 23.9 Å². The lowest BCUT2D eigenvalue weighted by molar-refractivity contribution is -0.150. The lowest BCUT2D eigenvalue weighted by atomic mass is 10.0. The number of ether oxygens (including phenoxy) is 3. The van der Waals surface area contributed by atoms with Gasteiger partial charge in [-0.25, -0.2) is 19.6 Å². The Hall–Kier alpha value is -7.04. The number of anilines is 2. The van der Waals surface area contributed by atoms with Gasteiger partial charge in [-0.05, 0) is 38.8 Å². The topological polar surface area (TPSA) is 386 Å². The number of hydrogen-bond donors (Lipinski definition) is 8. The van der Waals surface area contributed by atoms with Gasteiger partial charge in [0.05, 0.1) is 6.10 Å². The van der Waals surface area contributed by atoms with E-state index in [-0.39, 0.29) is 98.3 Å². The minimum absolute atomic E-state index is 0.103. The van der Waals surface area contributed by atoms with Crippen LogP contribution in [0.2, 0.25) is 0 Å². The number of thiazole rings is 2. The number of aliphatic carboxylic acids is 2. The van der Waals surface area contributed by atoms with Crippen molar-refractivity contribution in [2.45, 2.75) is 171 Å². The molecule has 4 atom stereocenters. The van der Waals surface area contributed by atoms with Crippen LogP contribution in [0.5, 0.6) is 0 Å². The van der Waals surface area contributed by atoms with Crippen LogP contribution in [0.15, 0.2) is 43.6 Å². The summed E-state index contributed by atoms with van der Waals surface area (Å²) in [5.74, 6) is -6.75. The third kappa shape index (κ3) is 23.1. The summed E-state index contributed by atoms with van der Waals surface area (Å²) in [4.78, 5) is 146. The molecule has 512 valence electrons. The molecule has 33 heteroatoms. The van der Waals surface area contributed by atoms with Crippen molar-refractivity contribution in [1.29, 1.82) is 0 Å². The molecule has 2 fully saturated rings. The highest BCUT2D eigenvalue weighted by atomic mass is 32.2. The fourth-order valence-corrected chi connectivity index (χ4v) is 14.6. The molecule has 6 amide bonds. The zero-order valence-corrected chi connectivity index (χ0v) is 56.4. The number of carboxylic acid groups (broad SMARTS) is 2. The number of carbonyl (C=O) groups is 10. The summed E-state index contributed by atoms with van der Waals surface area (Å²) in [5, 5.41) is 47.3. The van der Waals surface area contributed by atoms with Crippen LogP contribution < -0.4 is 31.9 Å². The number of carboxylic acids is 2. The van der Waals surface area contributed by atoms with E-state index in [1.165, 1.54) is 88.0 Å². The summed E-state index contributed by atoms with van der Waals surface area (Å²) >= 11 is 4.67. The molecular weight excluding hydrogens is 1290 g/mol. The van der Waals surface area contributed by atoms with Gasteiger partial charge in [-0.3, -0.25) is 48.2 Å². The second kappa shape index (κ2) is 39.6. The summed E-state index contributed by atoms with van der Waals surface area (Å²) in [7, 11) is 4.25. The number of unbranched alkanes of at least 4 members (excludes halogenated alkanes) is 16. The standard InChI is InChI=1S/C60H86N12O17S4/c1-36(73)88-30-38-32-90-55-47(53(79)71(55)49(38)57(81)82)67-51(77)45(69-86-4)41-34-92-59(63-41)65-43(75)24-20-16-12-8-6-10-14-18-22-26-61-28-40(85-3)29-62-27-23-19-15-11-7-9-13-17-21-25-44(76)66-60-64-42(35-93-60)46(70-87-5)52(78)68-48-54(80)72-50(58(83)84)39(31-89-37(2)74)33-91-56(48)72/h34-35,40,47-48,55-56,61-62H,6-33H2,1-5H3,(H,67,77)(H,68,78)(H,81,82)(H,83,84)(H,63,65,75)(H,64,66,76)/b69-45-,70-46-. The van der Waals surface area contributed by atoms with E-state index in [4.69, 9.17) is 23.9 Å². The summed E-state index contributed by atoms with van der Waals surface area (Å²) in [5.41, 5.74) is -0.207. The molecule has 0 spiro atoms. The van der Waals surface area contributed by atoms with Crippen LogP contribution in [-0.4, -0.2) is 202 Å². The molecule has 2 saturated heterocycles. The molecule has 0 saturated carbocycles. The Kier molecular flexibility index (Phi) is 31.9. The normalized spacial score (nSPS) is 18.2. The highest BCUT2D eigenvalue weighted by Crippen LogP contribution is 2.42. The lowest BCUT2D eigenvalue weighted by Crippen LogP contribution is -2.71. The van der Waals surface area contributed by atoms with E-state index in [0.717, 1.165) is 149 Å². The third-order valence-electron chi connectivity index (χ3n) is 15.3. The second-order valence-corrected chi connectivity index (χ2v) is 26.3. The van der Waals surface area contributed by atoms with Crippen molar-refractivity contribution in [3.8, 4) is 0 Å². The van der Waals surface area contributed by atoms with Gasteiger partial charge in [-0.2, -0.15) is 0 Å². The van der Waals surface area contributed by atoms with Crippen LogP contribution in [0.1, 0.15) is 154 Å². The Balaban J connectivity index is 0.701. The summed E-state index contributed by atoms with van der Waals surface area (Å²) in [6, 6.07) is -2.10. The molecule has 0 bridgehead atoms. The quantitative estimate of drug-likeness (QED) is 0.0134. The number of aromatic nitrogens is 2. The maximum Gasteiger partial charge on any atom is 0.352 e. The molecule has 2 aromatic rings. The van der Waals surface area contributed by atoms with Gasteiger partial charge in [0.15, 0.2) is 21.7 Å². The van der Waals surface area contributed by atoms with Crippen molar-refractivity contribution in [2.75, 3.05) is 82.9 Å². The minimum atomic E-state index is -1.35. The number of oxime groups is 2. The highest BCUT2D eigenvalue weighted by molar-refractivity contribution is 8.00. The van der Waals surface area contributed by atoms with E-state index < -0.39 is 70.3 Å². The van der Waals surface area contributed by atoms with Gasteiger partial charge in [0, 0.05) is 80.3 Å². The van der Waals surface area contributed by atoms with Gasteiger partial charge in [0.2, 0.25) is 11.8 Å². The Morgan fingerprint density at radius 2 is 0.914 bits per heavy atom. The highest BCUT2D eigenvalue weighted by Gasteiger charge is 2.56. The largest absolute Gasteiger partial charge is 0.477 e. The van der Waals surface area contributed by atoms with Crippen LogP contribution in [0.3, 0.4) is 0 Å². The smallest absolute Gasteiger partial charge is 0.352 e. The van der Waals surface area contributed by atoms with E-state index in [9.17, 15) is 58.2 Å². The van der Waals surface area contributed by atoms with Crippen molar-refractivity contribution < 1.29 is 82.0 Å². The molecule has 4 aliphatic rings. The number of methoxy groups -OCH3 is 1. The van der Waals surface area contributed by atoms with Gasteiger partial charge in [0.1, 0.15) is 73.0 Å². The number of nitrogens with one attached hydrogen (secondary N) is 6. The number of esters is 2. The molecule has 2 aromatic heterocycles. The number of fused-ring (bicyclic) bond motifs is 2. The Labute approximate surface area is 556 Å². The molecule has 4 aliphatic heterocycles. The SMILES string of the molecule is CO/N=C(\C(=O)NC1C(=O)N2C(C(=O)O)=C(COC(C)=O)CSC12)c1csc(NC(=O)CCCCCCCCCCCNCC(CNCCCCCCCCCCCC(=O)Nc2nc(/C(=N/OC)C(=O)NC3C(=O)N4C(C(=O)O)=C(COC(C)=O)CSC34)cs2)OC)n1. The first-order valence-electron chi connectivity index (χ1n) is 31.2. The monoisotopic (exact) mass is 1370 g/mol. The van der Waals surface area contributed by atoms with Crippen LogP contribution in [0.4, 0.5) is 10.3 Å². The predicted molar refractivity (Wildman–Crippen MR) is 350 cm³/mol. The summed E-state index contributed by atoms with van der Waals surface area (Å²) in [6.45, 7) is 5.35. The molecule has 0 aliphatic carbocycles. The Morgan fingerprint density at radius 3 is 1.25 bits per heavy atom. The first kappa shape index (κ1) is 75.0. The summed E-state index contributed by atoms with van der Waals surface area (Å²) in [6.07, 6.45) is 19.9. The number of nitrogens with zero attached hydrogens (tertiary/aromatic N) is 6. The average Bonchev–Trinajstić information content (AvgIpc) is 1.14. The van der Waals surface area contributed by atoms with Gasteiger partial charge in [0.25, 0.3) is 23.6 Å². The minimum Gasteiger partial charge on any atom is -0.477 e. The van der Waals surface area contributed by atoms with Crippen molar-refractivity contribution in [1.82, 2.24) is 41.0 Å². The van der Waals surface area contributed by atoms with E-state index >= 15 is 0 Å². The Bertz CT molecular complexity index is 2870. The maximum absolute atomic E-state index is 13.3. The van der Waals surface area contributed by atoms with Gasteiger partial charge in [-0.15, -0.1) is 46.2 Å². The molecule has 0 aromatic carbocycles. The van der Waals surface area contributed by atoms with Gasteiger partial charge in [-0.1, -0.05) is 100 Å². The number of thioether (sulfide) groups is 2. The third-order valence-corrected chi connectivity index (χ3v) is 19.5. The number of hydrogen-bond acceptors (Lipinski definition) is 25.